The summed E-state index contributed by atoms with van der Waals surface area (Å²) in [6, 6.07) is 5.64. The zero-order valence-corrected chi connectivity index (χ0v) is 13.1. The highest BCUT2D eigenvalue weighted by Gasteiger charge is 2.24. The molecule has 1 atom stereocenters. The molecule has 1 aliphatic heterocycles. The molecule has 1 aromatic carbocycles. The minimum atomic E-state index is -0.718. The maximum atomic E-state index is 12.1. The van der Waals surface area contributed by atoms with E-state index in [2.05, 4.69) is 5.32 Å². The summed E-state index contributed by atoms with van der Waals surface area (Å²) < 4.78 is 5.08. The number of nitrogens with zero attached hydrogens (tertiary/aromatic N) is 1. The normalized spacial score (nSPS) is 17.4. The van der Waals surface area contributed by atoms with Gasteiger partial charge in [-0.05, 0) is 44.4 Å². The first-order valence-corrected chi connectivity index (χ1v) is 7.60. The first kappa shape index (κ1) is 16.8. The minimum absolute atomic E-state index is 0.179. The number of hydrogen-bond donors (Lipinski definition) is 2. The van der Waals surface area contributed by atoms with E-state index in [-0.39, 0.29) is 24.1 Å². The molecule has 3 amide bonds. The van der Waals surface area contributed by atoms with E-state index in [0.29, 0.717) is 12.2 Å². The molecule has 0 aliphatic carbocycles. The van der Waals surface area contributed by atoms with Crippen LogP contribution in [0.5, 0.6) is 0 Å². The summed E-state index contributed by atoms with van der Waals surface area (Å²) >= 11 is 0. The fourth-order valence-electron chi connectivity index (χ4n) is 2.63. The van der Waals surface area contributed by atoms with Crippen LogP contribution in [0.1, 0.15) is 36.5 Å². The number of hydrogen-bond acceptors (Lipinski definition) is 4. The van der Waals surface area contributed by atoms with Crippen molar-refractivity contribution in [3.63, 3.8) is 0 Å². The number of nitrogens with one attached hydrogen (secondary N) is 1. The fraction of sp³-hybridized carbons (Fsp3) is 0.438. The number of anilines is 1. The molecule has 1 aliphatic rings. The van der Waals surface area contributed by atoms with Gasteiger partial charge in [-0.15, -0.1) is 0 Å². The third kappa shape index (κ3) is 4.70. The summed E-state index contributed by atoms with van der Waals surface area (Å²) in [5.74, 6) is -0.798. The molecule has 7 heteroatoms. The number of likely N-dealkylation sites (tertiary alicyclic amines) is 1. The zero-order chi connectivity index (χ0) is 16.8. The van der Waals surface area contributed by atoms with Crippen LogP contribution in [-0.2, 0) is 9.53 Å². The molecule has 3 N–H and O–H groups in total. The van der Waals surface area contributed by atoms with Crippen LogP contribution in [0, 0.1) is 0 Å². The molecular weight excluding hydrogens is 298 g/mol. The summed E-state index contributed by atoms with van der Waals surface area (Å²) in [6.07, 6.45) is 3.07. The number of carbonyl (C=O) groups excluding carboxylic acids is 3. The quantitative estimate of drug-likeness (QED) is 0.825. The number of esters is 1. The molecule has 23 heavy (non-hydrogen) atoms. The predicted octanol–water partition coefficient (Wildman–Crippen LogP) is 1.73. The van der Waals surface area contributed by atoms with Gasteiger partial charge < -0.3 is 20.7 Å². The number of piperidine rings is 1. The van der Waals surface area contributed by atoms with Crippen molar-refractivity contribution < 1.29 is 19.1 Å². The monoisotopic (exact) mass is 319 g/mol. The van der Waals surface area contributed by atoms with Crippen LogP contribution in [0.15, 0.2) is 24.3 Å². The van der Waals surface area contributed by atoms with Crippen LogP contribution in [0.25, 0.3) is 0 Å². The Morgan fingerprint density at radius 3 is 2.83 bits per heavy atom. The second-order valence-electron chi connectivity index (χ2n) is 5.58. The molecule has 1 aromatic rings. The maximum Gasteiger partial charge on any atom is 0.338 e. The Balaban J connectivity index is 1.91. The number of amides is 3. The van der Waals surface area contributed by atoms with Gasteiger partial charge in [0.2, 0.25) is 0 Å². The lowest BCUT2D eigenvalue weighted by atomic mass is 10.0. The largest absolute Gasteiger partial charge is 0.452 e. The summed E-state index contributed by atoms with van der Waals surface area (Å²) in [7, 11) is 0. The molecule has 0 aromatic heterocycles. The fourth-order valence-corrected chi connectivity index (χ4v) is 2.63. The van der Waals surface area contributed by atoms with Gasteiger partial charge in [-0.2, -0.15) is 0 Å². The molecule has 1 heterocycles. The highest BCUT2D eigenvalue weighted by atomic mass is 16.5. The summed E-state index contributed by atoms with van der Waals surface area (Å²) in [5, 5.41) is 2.38. The number of rotatable bonds is 4. The summed E-state index contributed by atoms with van der Waals surface area (Å²) in [4.78, 5) is 36.7. The molecular formula is C16H21N3O4. The van der Waals surface area contributed by atoms with E-state index in [0.717, 1.165) is 19.3 Å². The molecule has 0 saturated carbocycles. The van der Waals surface area contributed by atoms with Gasteiger partial charge in [-0.1, -0.05) is 6.07 Å². The van der Waals surface area contributed by atoms with Gasteiger partial charge in [0.1, 0.15) is 0 Å². The Kier molecular flexibility index (Phi) is 5.56. The Morgan fingerprint density at radius 1 is 1.35 bits per heavy atom. The van der Waals surface area contributed by atoms with Gasteiger partial charge in [0.15, 0.2) is 6.61 Å². The van der Waals surface area contributed by atoms with Gasteiger partial charge >= 0.3 is 12.0 Å². The zero-order valence-electron chi connectivity index (χ0n) is 13.1. The SMILES string of the molecule is C[C@@H]1CCCCN1C(=O)COC(=O)c1cccc(NC(N)=O)c1. The van der Waals surface area contributed by atoms with E-state index in [9.17, 15) is 14.4 Å². The van der Waals surface area contributed by atoms with Crippen molar-refractivity contribution in [2.24, 2.45) is 5.73 Å². The lowest BCUT2D eigenvalue weighted by Gasteiger charge is -2.33. The molecule has 1 saturated heterocycles. The average Bonchev–Trinajstić information content (AvgIpc) is 2.52. The maximum absolute atomic E-state index is 12.1. The van der Waals surface area contributed by atoms with Crippen molar-refractivity contribution in [2.75, 3.05) is 18.5 Å². The number of primary amides is 1. The van der Waals surface area contributed by atoms with Crippen LogP contribution in [0.4, 0.5) is 10.5 Å². The molecule has 0 spiro atoms. The molecule has 2 rings (SSSR count). The summed E-state index contributed by atoms with van der Waals surface area (Å²) in [6.45, 7) is 2.42. The second-order valence-corrected chi connectivity index (χ2v) is 5.58. The third-order valence-corrected chi connectivity index (χ3v) is 3.82. The highest BCUT2D eigenvalue weighted by molar-refractivity contribution is 5.94. The molecule has 124 valence electrons. The van der Waals surface area contributed by atoms with Gasteiger partial charge in [0, 0.05) is 18.3 Å². The van der Waals surface area contributed by atoms with Crippen molar-refractivity contribution in [2.45, 2.75) is 32.2 Å². The first-order chi connectivity index (χ1) is 11.0. The van der Waals surface area contributed by atoms with E-state index in [1.807, 2.05) is 6.92 Å². The topological polar surface area (TPSA) is 102 Å². The van der Waals surface area contributed by atoms with Gasteiger partial charge in [-0.3, -0.25) is 4.79 Å². The second kappa shape index (κ2) is 7.62. The van der Waals surface area contributed by atoms with Crippen LogP contribution in [0.2, 0.25) is 0 Å². The molecule has 7 nitrogen and oxygen atoms in total. The van der Waals surface area contributed by atoms with Crippen LogP contribution in [-0.4, -0.2) is 42.0 Å². The number of ether oxygens (including phenoxy) is 1. The van der Waals surface area contributed by atoms with E-state index < -0.39 is 12.0 Å². The Hall–Kier alpha value is -2.57. The number of nitrogens with two attached hydrogens (primary N) is 1. The predicted molar refractivity (Wildman–Crippen MR) is 85.0 cm³/mol. The lowest BCUT2D eigenvalue weighted by molar-refractivity contribution is -0.137. The van der Waals surface area contributed by atoms with Crippen molar-refractivity contribution in [3.05, 3.63) is 29.8 Å². The van der Waals surface area contributed by atoms with Gasteiger partial charge in [0.05, 0.1) is 5.56 Å². The van der Waals surface area contributed by atoms with Crippen LogP contribution < -0.4 is 11.1 Å². The number of urea groups is 1. The van der Waals surface area contributed by atoms with Gasteiger partial charge in [0.25, 0.3) is 5.91 Å². The lowest BCUT2D eigenvalue weighted by Crippen LogP contribution is -2.44. The van der Waals surface area contributed by atoms with E-state index in [4.69, 9.17) is 10.5 Å². The minimum Gasteiger partial charge on any atom is -0.452 e. The van der Waals surface area contributed by atoms with Crippen molar-refractivity contribution in [1.29, 1.82) is 0 Å². The molecule has 0 radical (unpaired) electrons. The van der Waals surface area contributed by atoms with Gasteiger partial charge in [-0.25, -0.2) is 9.59 Å². The standard InChI is InChI=1S/C16H21N3O4/c1-11-5-2-3-8-19(11)14(20)10-23-15(21)12-6-4-7-13(9-12)18-16(17)22/h4,6-7,9,11H,2-3,5,8,10H2,1H3,(H3,17,18,22)/t11-/m1/s1. The van der Waals surface area contributed by atoms with Crippen LogP contribution in [0.3, 0.4) is 0 Å². The average molecular weight is 319 g/mol. The smallest absolute Gasteiger partial charge is 0.338 e. The first-order valence-electron chi connectivity index (χ1n) is 7.60. The number of carbonyl (C=O) groups is 3. The van der Waals surface area contributed by atoms with Crippen molar-refractivity contribution in [3.8, 4) is 0 Å². The Morgan fingerprint density at radius 2 is 2.13 bits per heavy atom. The van der Waals surface area contributed by atoms with E-state index in [1.165, 1.54) is 6.07 Å². The van der Waals surface area contributed by atoms with Crippen molar-refractivity contribution in [1.82, 2.24) is 4.90 Å². The molecule has 0 bridgehead atoms. The van der Waals surface area contributed by atoms with E-state index in [1.54, 1.807) is 23.1 Å². The van der Waals surface area contributed by atoms with E-state index >= 15 is 0 Å². The number of benzene rings is 1. The van der Waals surface area contributed by atoms with Crippen molar-refractivity contribution >= 4 is 23.6 Å². The Labute approximate surface area is 134 Å². The Bertz CT molecular complexity index is 603. The molecule has 1 fully saturated rings. The summed E-state index contributed by atoms with van der Waals surface area (Å²) in [5.41, 5.74) is 5.67. The molecule has 0 unspecified atom stereocenters. The third-order valence-electron chi connectivity index (χ3n) is 3.82. The van der Waals surface area contributed by atoms with Crippen LogP contribution >= 0.6 is 0 Å². The highest BCUT2D eigenvalue weighted by Crippen LogP contribution is 2.17.